The molecular formula is C13H14ClN3. The molecule has 0 radical (unpaired) electrons. The first-order chi connectivity index (χ1) is 8.31. The van der Waals surface area contributed by atoms with E-state index in [1.807, 2.05) is 0 Å². The second-order valence-corrected chi connectivity index (χ2v) is 4.86. The van der Waals surface area contributed by atoms with Crippen molar-refractivity contribution < 1.29 is 0 Å². The Morgan fingerprint density at radius 2 is 2.06 bits per heavy atom. The zero-order valence-corrected chi connectivity index (χ0v) is 10.2. The van der Waals surface area contributed by atoms with Gasteiger partial charge in [-0.3, -0.25) is 0 Å². The van der Waals surface area contributed by atoms with Crippen LogP contribution in [0.2, 0.25) is 5.02 Å². The number of aromatic nitrogens is 2. The van der Waals surface area contributed by atoms with E-state index in [1.54, 1.807) is 17.1 Å². The van der Waals surface area contributed by atoms with Gasteiger partial charge in [0.05, 0.1) is 16.9 Å². The lowest BCUT2D eigenvalue weighted by Crippen LogP contribution is -2.15. The summed E-state index contributed by atoms with van der Waals surface area (Å²) in [5.74, 6) is 0. The SMILES string of the molecule is Clc1cnn(-c2ccc(CNC3CC3)cc2)c1. The molecule has 1 N–H and O–H groups in total. The molecule has 0 unspecified atom stereocenters. The van der Waals surface area contributed by atoms with Gasteiger partial charge >= 0.3 is 0 Å². The molecule has 3 nitrogen and oxygen atoms in total. The fourth-order valence-corrected chi connectivity index (χ4v) is 1.89. The number of halogens is 1. The second-order valence-electron chi connectivity index (χ2n) is 4.42. The van der Waals surface area contributed by atoms with Crippen molar-refractivity contribution in [3.8, 4) is 5.69 Å². The van der Waals surface area contributed by atoms with Crippen molar-refractivity contribution in [3.63, 3.8) is 0 Å². The molecule has 17 heavy (non-hydrogen) atoms. The molecule has 88 valence electrons. The minimum Gasteiger partial charge on any atom is -0.310 e. The molecule has 1 saturated carbocycles. The second kappa shape index (κ2) is 4.51. The van der Waals surface area contributed by atoms with E-state index in [2.05, 4.69) is 34.7 Å². The molecule has 4 heteroatoms. The summed E-state index contributed by atoms with van der Waals surface area (Å²) in [6, 6.07) is 9.13. The van der Waals surface area contributed by atoms with Gasteiger partial charge in [-0.2, -0.15) is 5.10 Å². The zero-order chi connectivity index (χ0) is 11.7. The molecule has 0 spiro atoms. The first-order valence-electron chi connectivity index (χ1n) is 5.84. The molecule has 0 atom stereocenters. The molecule has 1 aliphatic carbocycles. The Morgan fingerprint density at radius 3 is 2.65 bits per heavy atom. The Hall–Kier alpha value is -1.32. The lowest BCUT2D eigenvalue weighted by atomic mass is 10.2. The van der Waals surface area contributed by atoms with Crippen molar-refractivity contribution in [2.24, 2.45) is 0 Å². The molecule has 0 amide bonds. The topological polar surface area (TPSA) is 29.9 Å². The Bertz CT molecular complexity index is 500. The Morgan fingerprint density at radius 1 is 1.29 bits per heavy atom. The van der Waals surface area contributed by atoms with Gasteiger partial charge in [-0.1, -0.05) is 23.7 Å². The number of hydrogen-bond donors (Lipinski definition) is 1. The Balaban J connectivity index is 1.70. The average Bonchev–Trinajstić information content (AvgIpc) is 3.09. The maximum atomic E-state index is 5.84. The van der Waals surface area contributed by atoms with E-state index >= 15 is 0 Å². The van der Waals surface area contributed by atoms with Crippen LogP contribution in [-0.4, -0.2) is 15.8 Å². The quantitative estimate of drug-likeness (QED) is 0.901. The number of benzene rings is 1. The van der Waals surface area contributed by atoms with Gasteiger partial charge < -0.3 is 5.32 Å². The fraction of sp³-hybridized carbons (Fsp3) is 0.308. The van der Waals surface area contributed by atoms with Gasteiger partial charge in [-0.05, 0) is 30.5 Å². The summed E-state index contributed by atoms with van der Waals surface area (Å²) >= 11 is 5.84. The smallest absolute Gasteiger partial charge is 0.0790 e. The molecule has 1 aliphatic rings. The number of nitrogens with one attached hydrogen (secondary N) is 1. The highest BCUT2D eigenvalue weighted by Crippen LogP contribution is 2.19. The predicted molar refractivity (Wildman–Crippen MR) is 68.4 cm³/mol. The molecule has 3 rings (SSSR count). The summed E-state index contributed by atoms with van der Waals surface area (Å²) in [6.07, 6.45) is 6.09. The van der Waals surface area contributed by atoms with Gasteiger partial charge in [0.2, 0.25) is 0 Å². The molecule has 1 heterocycles. The zero-order valence-electron chi connectivity index (χ0n) is 9.44. The highest BCUT2D eigenvalue weighted by molar-refractivity contribution is 6.30. The lowest BCUT2D eigenvalue weighted by molar-refractivity contribution is 0.687. The highest BCUT2D eigenvalue weighted by Gasteiger charge is 2.19. The summed E-state index contributed by atoms with van der Waals surface area (Å²) in [5.41, 5.74) is 2.34. The number of hydrogen-bond acceptors (Lipinski definition) is 2. The van der Waals surface area contributed by atoms with Crippen LogP contribution in [0.5, 0.6) is 0 Å². The fourth-order valence-electron chi connectivity index (χ4n) is 1.76. The van der Waals surface area contributed by atoms with E-state index in [9.17, 15) is 0 Å². The summed E-state index contributed by atoms with van der Waals surface area (Å²) in [7, 11) is 0. The summed E-state index contributed by atoms with van der Waals surface area (Å²) in [5, 5.41) is 8.32. The van der Waals surface area contributed by atoms with E-state index in [0.717, 1.165) is 18.3 Å². The number of rotatable bonds is 4. The molecule has 0 saturated heterocycles. The molecule has 1 aromatic heterocycles. The standard InChI is InChI=1S/C13H14ClN3/c14-11-8-16-17(9-11)13-5-1-10(2-6-13)7-15-12-3-4-12/h1-2,5-6,8-9,12,15H,3-4,7H2. The first-order valence-corrected chi connectivity index (χ1v) is 6.22. The monoisotopic (exact) mass is 247 g/mol. The molecule has 1 aromatic carbocycles. The van der Waals surface area contributed by atoms with Crippen molar-refractivity contribution in [1.29, 1.82) is 0 Å². The third-order valence-electron chi connectivity index (χ3n) is 2.92. The minimum atomic E-state index is 0.657. The van der Waals surface area contributed by atoms with Crippen LogP contribution < -0.4 is 5.32 Å². The van der Waals surface area contributed by atoms with Gasteiger partial charge in [0.15, 0.2) is 0 Å². The summed E-state index contributed by atoms with van der Waals surface area (Å²) in [4.78, 5) is 0. The van der Waals surface area contributed by atoms with E-state index in [4.69, 9.17) is 11.6 Å². The molecule has 1 fully saturated rings. The van der Waals surface area contributed by atoms with Crippen LogP contribution >= 0.6 is 11.6 Å². The van der Waals surface area contributed by atoms with Crippen LogP contribution in [0.25, 0.3) is 5.69 Å². The van der Waals surface area contributed by atoms with Gasteiger partial charge in [0, 0.05) is 18.8 Å². The molecular weight excluding hydrogens is 234 g/mol. The van der Waals surface area contributed by atoms with Crippen LogP contribution in [0, 0.1) is 0 Å². The van der Waals surface area contributed by atoms with Crippen LogP contribution in [-0.2, 0) is 6.54 Å². The van der Waals surface area contributed by atoms with Gasteiger partial charge in [0.1, 0.15) is 0 Å². The van der Waals surface area contributed by atoms with Crippen molar-refractivity contribution in [2.75, 3.05) is 0 Å². The third-order valence-corrected chi connectivity index (χ3v) is 3.12. The average molecular weight is 248 g/mol. The molecule has 0 bridgehead atoms. The highest BCUT2D eigenvalue weighted by atomic mass is 35.5. The van der Waals surface area contributed by atoms with Crippen molar-refractivity contribution in [3.05, 3.63) is 47.2 Å². The van der Waals surface area contributed by atoms with Crippen LogP contribution in [0.15, 0.2) is 36.7 Å². The Labute approximate surface area is 105 Å². The van der Waals surface area contributed by atoms with E-state index < -0.39 is 0 Å². The van der Waals surface area contributed by atoms with Gasteiger partial charge in [-0.15, -0.1) is 0 Å². The van der Waals surface area contributed by atoms with E-state index in [0.29, 0.717) is 5.02 Å². The predicted octanol–water partition coefficient (Wildman–Crippen LogP) is 2.78. The minimum absolute atomic E-state index is 0.657. The normalized spacial score (nSPS) is 15.1. The van der Waals surface area contributed by atoms with E-state index in [1.165, 1.54) is 18.4 Å². The maximum Gasteiger partial charge on any atom is 0.0790 e. The first kappa shape index (κ1) is 10.8. The summed E-state index contributed by atoms with van der Waals surface area (Å²) < 4.78 is 1.78. The Kier molecular flexibility index (Phi) is 2.87. The largest absolute Gasteiger partial charge is 0.310 e. The van der Waals surface area contributed by atoms with Crippen LogP contribution in [0.4, 0.5) is 0 Å². The third kappa shape index (κ3) is 2.68. The van der Waals surface area contributed by atoms with Crippen LogP contribution in [0.3, 0.4) is 0 Å². The van der Waals surface area contributed by atoms with Crippen molar-refractivity contribution >= 4 is 11.6 Å². The lowest BCUT2D eigenvalue weighted by Gasteiger charge is -2.05. The molecule has 2 aromatic rings. The van der Waals surface area contributed by atoms with Crippen molar-refractivity contribution in [1.82, 2.24) is 15.1 Å². The maximum absolute atomic E-state index is 5.84. The van der Waals surface area contributed by atoms with Crippen molar-refractivity contribution in [2.45, 2.75) is 25.4 Å². The van der Waals surface area contributed by atoms with Gasteiger partial charge in [0.25, 0.3) is 0 Å². The van der Waals surface area contributed by atoms with E-state index in [-0.39, 0.29) is 0 Å². The van der Waals surface area contributed by atoms with Gasteiger partial charge in [-0.25, -0.2) is 4.68 Å². The van der Waals surface area contributed by atoms with Crippen LogP contribution in [0.1, 0.15) is 18.4 Å². The molecule has 0 aliphatic heterocycles. The summed E-state index contributed by atoms with van der Waals surface area (Å²) in [6.45, 7) is 0.949. The number of nitrogens with zero attached hydrogens (tertiary/aromatic N) is 2.